The van der Waals surface area contributed by atoms with E-state index in [9.17, 15) is 9.59 Å². The lowest BCUT2D eigenvalue weighted by Crippen LogP contribution is -2.40. The summed E-state index contributed by atoms with van der Waals surface area (Å²) in [4.78, 5) is 30.3. The maximum Gasteiger partial charge on any atom is 0.307 e. The number of thiazole rings is 1. The van der Waals surface area contributed by atoms with Gasteiger partial charge in [-0.05, 0) is 24.3 Å². The largest absolute Gasteiger partial charge is 0.482 e. The van der Waals surface area contributed by atoms with Gasteiger partial charge in [-0.15, -0.1) is 11.3 Å². The van der Waals surface area contributed by atoms with Crippen LogP contribution in [-0.4, -0.2) is 36.6 Å². The first-order valence-electron chi connectivity index (χ1n) is 8.73. The molecule has 1 aliphatic heterocycles. The van der Waals surface area contributed by atoms with E-state index >= 15 is 0 Å². The van der Waals surface area contributed by atoms with Crippen LogP contribution in [0.4, 0.5) is 5.69 Å². The Balaban J connectivity index is 1.28. The van der Waals surface area contributed by atoms with Crippen LogP contribution in [0.3, 0.4) is 0 Å². The van der Waals surface area contributed by atoms with Crippen LogP contribution in [0.15, 0.2) is 48.5 Å². The van der Waals surface area contributed by atoms with Crippen LogP contribution in [0, 0.1) is 0 Å². The van der Waals surface area contributed by atoms with E-state index in [2.05, 4.69) is 4.98 Å². The summed E-state index contributed by atoms with van der Waals surface area (Å²) in [6.07, 6.45) is 0.727. The summed E-state index contributed by atoms with van der Waals surface area (Å²) in [5.74, 6) is 0.171. The van der Waals surface area contributed by atoms with Crippen LogP contribution in [-0.2, 0) is 20.7 Å². The fraction of sp³-hybridized carbons (Fsp3) is 0.250. The summed E-state index contributed by atoms with van der Waals surface area (Å²) in [5, 5.41) is 0.946. The Morgan fingerprint density at radius 2 is 2.00 bits per heavy atom. The summed E-state index contributed by atoms with van der Waals surface area (Å²) >= 11 is 1.61. The number of carbonyl (C=O) groups excluding carboxylic acids is 2. The zero-order valence-electron chi connectivity index (χ0n) is 14.6. The first kappa shape index (κ1) is 17.5. The van der Waals surface area contributed by atoms with Gasteiger partial charge >= 0.3 is 5.97 Å². The van der Waals surface area contributed by atoms with Crippen LogP contribution in [0.1, 0.15) is 11.4 Å². The molecule has 0 saturated heterocycles. The van der Waals surface area contributed by atoms with Crippen molar-refractivity contribution < 1.29 is 19.1 Å². The van der Waals surface area contributed by atoms with E-state index in [-0.39, 0.29) is 38.1 Å². The molecule has 1 amide bonds. The molecular weight excluding hydrogens is 364 g/mol. The Morgan fingerprint density at radius 3 is 2.89 bits per heavy atom. The summed E-state index contributed by atoms with van der Waals surface area (Å²) in [6, 6.07) is 15.2. The molecule has 7 heteroatoms. The van der Waals surface area contributed by atoms with Gasteiger partial charge < -0.3 is 14.4 Å². The van der Waals surface area contributed by atoms with Crippen molar-refractivity contribution in [2.75, 3.05) is 24.7 Å². The van der Waals surface area contributed by atoms with Gasteiger partial charge in [0.1, 0.15) is 5.75 Å². The first-order chi connectivity index (χ1) is 13.2. The number of para-hydroxylation sites is 3. The molecule has 0 radical (unpaired) electrons. The highest BCUT2D eigenvalue weighted by Crippen LogP contribution is 2.31. The molecule has 0 N–H and O–H groups in total. The van der Waals surface area contributed by atoms with Crippen molar-refractivity contribution in [3.05, 3.63) is 53.5 Å². The minimum absolute atomic E-state index is 0.0103. The molecule has 1 aliphatic rings. The van der Waals surface area contributed by atoms with E-state index in [0.717, 1.165) is 15.2 Å². The fourth-order valence-corrected chi connectivity index (χ4v) is 3.90. The van der Waals surface area contributed by atoms with Crippen molar-refractivity contribution in [2.45, 2.75) is 12.8 Å². The monoisotopic (exact) mass is 382 g/mol. The second kappa shape index (κ2) is 7.75. The van der Waals surface area contributed by atoms with E-state index in [0.29, 0.717) is 17.9 Å². The second-order valence-electron chi connectivity index (χ2n) is 6.10. The molecule has 0 unspecified atom stereocenters. The van der Waals surface area contributed by atoms with Crippen LogP contribution in [0.5, 0.6) is 5.75 Å². The highest BCUT2D eigenvalue weighted by atomic mass is 32.1. The van der Waals surface area contributed by atoms with Crippen molar-refractivity contribution >= 4 is 39.1 Å². The predicted octanol–water partition coefficient (Wildman–Crippen LogP) is 3.20. The topological polar surface area (TPSA) is 68.7 Å². The maximum absolute atomic E-state index is 12.1. The van der Waals surface area contributed by atoms with Gasteiger partial charge in [-0.25, -0.2) is 4.98 Å². The normalized spacial score (nSPS) is 13.3. The molecule has 2 heterocycles. The summed E-state index contributed by atoms with van der Waals surface area (Å²) in [7, 11) is 0. The molecule has 27 heavy (non-hydrogen) atoms. The SMILES string of the molecule is O=C(CCN1C(=O)COc2ccccc21)OCCc1nc2ccccc2s1. The number of anilines is 1. The lowest BCUT2D eigenvalue weighted by Gasteiger charge is -2.28. The number of amides is 1. The third kappa shape index (κ3) is 3.93. The Kier molecular flexibility index (Phi) is 5.02. The van der Waals surface area contributed by atoms with Crippen molar-refractivity contribution in [3.63, 3.8) is 0 Å². The number of fused-ring (bicyclic) bond motifs is 2. The number of aromatic nitrogens is 1. The van der Waals surface area contributed by atoms with Crippen LogP contribution in [0.2, 0.25) is 0 Å². The molecule has 0 saturated carbocycles. The molecule has 0 atom stereocenters. The number of ether oxygens (including phenoxy) is 2. The highest BCUT2D eigenvalue weighted by Gasteiger charge is 2.25. The molecule has 4 rings (SSSR count). The lowest BCUT2D eigenvalue weighted by atomic mass is 10.2. The third-order valence-electron chi connectivity index (χ3n) is 4.26. The van der Waals surface area contributed by atoms with Gasteiger partial charge in [-0.1, -0.05) is 24.3 Å². The average Bonchev–Trinajstić information content (AvgIpc) is 3.10. The van der Waals surface area contributed by atoms with E-state index in [1.165, 1.54) is 0 Å². The minimum Gasteiger partial charge on any atom is -0.482 e. The van der Waals surface area contributed by atoms with Gasteiger partial charge in [-0.2, -0.15) is 0 Å². The Morgan fingerprint density at radius 1 is 1.19 bits per heavy atom. The molecule has 0 fully saturated rings. The lowest BCUT2D eigenvalue weighted by molar-refractivity contribution is -0.143. The number of hydrogen-bond acceptors (Lipinski definition) is 6. The van der Waals surface area contributed by atoms with Gasteiger partial charge in [0.2, 0.25) is 0 Å². The molecule has 138 valence electrons. The standard InChI is InChI=1S/C20H18N2O4S/c23-19-13-26-16-7-3-2-6-15(16)22(19)11-9-20(24)25-12-10-18-21-14-5-1-4-8-17(14)27-18/h1-8H,9-13H2. The molecule has 2 aromatic carbocycles. The highest BCUT2D eigenvalue weighted by molar-refractivity contribution is 7.18. The second-order valence-corrected chi connectivity index (χ2v) is 7.21. The number of benzene rings is 2. The zero-order chi connectivity index (χ0) is 18.6. The van der Waals surface area contributed by atoms with Crippen LogP contribution in [0.25, 0.3) is 10.2 Å². The van der Waals surface area contributed by atoms with E-state index in [4.69, 9.17) is 9.47 Å². The number of nitrogens with zero attached hydrogens (tertiary/aromatic N) is 2. The smallest absolute Gasteiger partial charge is 0.307 e. The maximum atomic E-state index is 12.1. The van der Waals surface area contributed by atoms with Gasteiger partial charge in [0, 0.05) is 13.0 Å². The zero-order valence-corrected chi connectivity index (χ0v) is 15.4. The van der Waals surface area contributed by atoms with Gasteiger partial charge in [0.15, 0.2) is 6.61 Å². The van der Waals surface area contributed by atoms with Crippen molar-refractivity contribution in [1.82, 2.24) is 4.98 Å². The predicted molar refractivity (Wildman–Crippen MR) is 103 cm³/mol. The summed E-state index contributed by atoms with van der Waals surface area (Å²) < 4.78 is 11.8. The number of carbonyl (C=O) groups is 2. The first-order valence-corrected chi connectivity index (χ1v) is 9.54. The molecule has 0 aliphatic carbocycles. The van der Waals surface area contributed by atoms with E-state index in [1.54, 1.807) is 16.2 Å². The molecule has 0 spiro atoms. The van der Waals surface area contributed by atoms with Crippen LogP contribution >= 0.6 is 11.3 Å². The van der Waals surface area contributed by atoms with E-state index in [1.807, 2.05) is 48.5 Å². The quantitative estimate of drug-likeness (QED) is 0.613. The molecule has 0 bridgehead atoms. The number of hydrogen-bond donors (Lipinski definition) is 0. The van der Waals surface area contributed by atoms with Crippen molar-refractivity contribution in [1.29, 1.82) is 0 Å². The van der Waals surface area contributed by atoms with Crippen molar-refractivity contribution in [3.8, 4) is 5.75 Å². The Hall–Kier alpha value is -2.93. The summed E-state index contributed by atoms with van der Waals surface area (Å²) in [6.45, 7) is 0.551. The van der Waals surface area contributed by atoms with E-state index < -0.39 is 0 Å². The minimum atomic E-state index is -0.326. The average molecular weight is 382 g/mol. The third-order valence-corrected chi connectivity index (χ3v) is 5.36. The Labute approximate surface area is 160 Å². The molecule has 1 aromatic heterocycles. The summed E-state index contributed by atoms with van der Waals surface area (Å²) in [5.41, 5.74) is 1.66. The van der Waals surface area contributed by atoms with Gasteiger partial charge in [0.05, 0.1) is 33.9 Å². The van der Waals surface area contributed by atoms with Gasteiger partial charge in [-0.3, -0.25) is 9.59 Å². The fourth-order valence-electron chi connectivity index (χ4n) is 2.95. The number of esters is 1. The molecular formula is C20H18N2O4S. The number of rotatable bonds is 6. The Bertz CT molecular complexity index is 952. The van der Waals surface area contributed by atoms with Crippen LogP contribution < -0.4 is 9.64 Å². The molecule has 3 aromatic rings. The van der Waals surface area contributed by atoms with Crippen molar-refractivity contribution in [2.24, 2.45) is 0 Å². The molecule has 6 nitrogen and oxygen atoms in total. The van der Waals surface area contributed by atoms with Gasteiger partial charge in [0.25, 0.3) is 5.91 Å².